The minimum Gasteiger partial charge on any atom is -0.548 e. The van der Waals surface area contributed by atoms with Gasteiger partial charge in [0, 0.05) is 20.7 Å². The number of aliphatic carboxylic acids is 1. The molecule has 0 fully saturated rings. The maximum atomic E-state index is 12.8. The van der Waals surface area contributed by atoms with Crippen LogP contribution in [0.3, 0.4) is 0 Å². The first kappa shape index (κ1) is 21.5. The lowest BCUT2D eigenvalue weighted by Crippen LogP contribution is -2.49. The van der Waals surface area contributed by atoms with Crippen molar-refractivity contribution in [1.29, 1.82) is 0 Å². The van der Waals surface area contributed by atoms with Gasteiger partial charge in [-0.1, -0.05) is 42.5 Å². The number of fused-ring (bicyclic) bond motifs is 1. The van der Waals surface area contributed by atoms with E-state index in [4.69, 9.17) is 0 Å². The van der Waals surface area contributed by atoms with Gasteiger partial charge < -0.3 is 14.9 Å². The molecule has 8 heteroatoms. The first-order chi connectivity index (χ1) is 14.8. The number of aromatic amines is 1. The number of hydrogen-bond acceptors (Lipinski definition) is 4. The van der Waals surface area contributed by atoms with Crippen molar-refractivity contribution in [3.05, 3.63) is 88.1 Å². The number of rotatable bonds is 7. The van der Waals surface area contributed by atoms with Crippen LogP contribution in [-0.2, 0) is 21.2 Å². The third-order valence-electron chi connectivity index (χ3n) is 5.02. The Balaban J connectivity index is 1.55. The molecule has 0 aliphatic heterocycles. The smallest absolute Gasteiger partial charge is 0.241 e. The summed E-state index contributed by atoms with van der Waals surface area (Å²) < 4.78 is 29.0. The number of halogens is 1. The number of carbonyl (C=O) groups excluding carboxylic acids is 1. The van der Waals surface area contributed by atoms with Crippen molar-refractivity contribution in [2.24, 2.45) is 0 Å². The number of nitrogens with one attached hydrogen (secondary N) is 2. The summed E-state index contributed by atoms with van der Waals surface area (Å²) in [5, 5.41) is 12.5. The van der Waals surface area contributed by atoms with Gasteiger partial charge >= 0.3 is 0 Å². The molecule has 4 rings (SSSR count). The summed E-state index contributed by atoms with van der Waals surface area (Å²) in [5.41, 5.74) is 3.38. The Morgan fingerprint density at radius 1 is 0.968 bits per heavy atom. The van der Waals surface area contributed by atoms with Gasteiger partial charge in [0.25, 0.3) is 0 Å². The predicted octanol–water partition coefficient (Wildman–Crippen LogP) is 3.08. The van der Waals surface area contributed by atoms with E-state index in [1.54, 1.807) is 18.3 Å². The molecule has 1 aromatic heterocycles. The first-order valence-corrected chi connectivity index (χ1v) is 12.0. The monoisotopic (exact) mass is 545 g/mol. The van der Waals surface area contributed by atoms with Gasteiger partial charge in [0.05, 0.1) is 16.9 Å². The molecule has 3 aromatic carbocycles. The Labute approximate surface area is 193 Å². The van der Waals surface area contributed by atoms with Crippen LogP contribution >= 0.6 is 22.6 Å². The Morgan fingerprint density at radius 2 is 1.58 bits per heavy atom. The number of H-pyrrole nitrogens is 1. The van der Waals surface area contributed by atoms with Gasteiger partial charge in [-0.3, -0.25) is 0 Å². The van der Waals surface area contributed by atoms with Crippen molar-refractivity contribution in [2.45, 2.75) is 17.4 Å². The molecule has 0 unspecified atom stereocenters. The van der Waals surface area contributed by atoms with Gasteiger partial charge in [-0.15, -0.1) is 0 Å². The van der Waals surface area contributed by atoms with Crippen LogP contribution in [0.5, 0.6) is 0 Å². The number of para-hydroxylation sites is 1. The number of carbonyl (C=O) groups is 1. The maximum absolute atomic E-state index is 12.8. The molecule has 2 N–H and O–H groups in total. The van der Waals surface area contributed by atoms with Crippen LogP contribution in [0.25, 0.3) is 22.0 Å². The number of hydrogen-bond donors (Lipinski definition) is 2. The van der Waals surface area contributed by atoms with Crippen LogP contribution in [0.15, 0.2) is 83.9 Å². The minimum absolute atomic E-state index is 0.00746. The highest BCUT2D eigenvalue weighted by Gasteiger charge is 2.22. The van der Waals surface area contributed by atoms with Gasteiger partial charge in [0.1, 0.15) is 0 Å². The Bertz CT molecular complexity index is 1330. The summed E-state index contributed by atoms with van der Waals surface area (Å²) in [6.45, 7) is 0. The van der Waals surface area contributed by atoms with Crippen molar-refractivity contribution in [3.8, 4) is 11.1 Å². The summed E-state index contributed by atoms with van der Waals surface area (Å²) in [4.78, 5) is 14.7. The van der Waals surface area contributed by atoms with E-state index in [1.165, 1.54) is 12.1 Å². The van der Waals surface area contributed by atoms with Crippen molar-refractivity contribution in [2.75, 3.05) is 0 Å². The average Bonchev–Trinajstić information content (AvgIpc) is 3.17. The van der Waals surface area contributed by atoms with Crippen molar-refractivity contribution in [3.63, 3.8) is 0 Å². The highest BCUT2D eigenvalue weighted by molar-refractivity contribution is 14.1. The van der Waals surface area contributed by atoms with Crippen molar-refractivity contribution >= 4 is 49.5 Å². The fraction of sp³-hybridized carbons (Fsp3) is 0.0870. The predicted molar refractivity (Wildman–Crippen MR) is 126 cm³/mol. The highest BCUT2D eigenvalue weighted by Crippen LogP contribution is 2.23. The van der Waals surface area contributed by atoms with Gasteiger partial charge in [0.2, 0.25) is 10.0 Å². The molecule has 0 saturated heterocycles. The largest absolute Gasteiger partial charge is 0.548 e. The third kappa shape index (κ3) is 4.81. The van der Waals surface area contributed by atoms with Gasteiger partial charge in [-0.2, -0.15) is 0 Å². The lowest BCUT2D eigenvalue weighted by Gasteiger charge is -2.19. The number of carboxylic acid groups (broad SMARTS) is 1. The van der Waals surface area contributed by atoms with Crippen LogP contribution in [0.1, 0.15) is 5.56 Å². The zero-order chi connectivity index (χ0) is 22.0. The number of carboxylic acids is 1. The second-order valence-corrected chi connectivity index (χ2v) is 10.0. The summed E-state index contributed by atoms with van der Waals surface area (Å²) in [6, 6.07) is 20.2. The molecule has 0 radical (unpaired) electrons. The number of benzene rings is 3. The van der Waals surface area contributed by atoms with Crippen LogP contribution in [0.2, 0.25) is 0 Å². The molecule has 0 amide bonds. The quantitative estimate of drug-likeness (QED) is 0.349. The van der Waals surface area contributed by atoms with E-state index in [-0.39, 0.29) is 11.3 Å². The molecule has 6 nitrogen and oxygen atoms in total. The van der Waals surface area contributed by atoms with Gasteiger partial charge in [0.15, 0.2) is 0 Å². The minimum atomic E-state index is -4.05. The van der Waals surface area contributed by atoms with E-state index in [0.29, 0.717) is 5.56 Å². The number of sulfonamides is 1. The molecule has 0 bridgehead atoms. The fourth-order valence-corrected chi connectivity index (χ4v) is 4.96. The zero-order valence-corrected chi connectivity index (χ0v) is 19.2. The van der Waals surface area contributed by atoms with Crippen molar-refractivity contribution < 1.29 is 18.3 Å². The average molecular weight is 545 g/mol. The number of aromatic nitrogens is 1. The SMILES string of the molecule is O=C([O-])[C@@H](Cc1c[nH]c2ccccc12)NS(=O)(=O)c1ccc(-c2ccc(I)cc2)cc1. The summed E-state index contributed by atoms with van der Waals surface area (Å²) >= 11 is 2.22. The molecule has 4 aromatic rings. The molecule has 158 valence electrons. The normalized spacial score (nSPS) is 12.7. The fourth-order valence-electron chi connectivity index (χ4n) is 3.42. The van der Waals surface area contributed by atoms with Crippen LogP contribution in [0.4, 0.5) is 0 Å². The zero-order valence-electron chi connectivity index (χ0n) is 16.2. The summed E-state index contributed by atoms with van der Waals surface area (Å²) in [7, 11) is -4.05. The second kappa shape index (κ2) is 8.81. The molecule has 0 aliphatic rings. The standard InChI is InChI=1S/C23H19IN2O4S/c24-18-9-5-15(6-10-18)16-7-11-19(12-8-16)31(29,30)26-22(23(27)28)13-17-14-25-21-4-2-1-3-20(17)21/h1-12,14,22,25-26H,13H2,(H,27,28)/p-1/t22-/m1/s1. The molecular weight excluding hydrogens is 527 g/mol. The molecular formula is C23H18IN2O4S-. The highest BCUT2D eigenvalue weighted by atomic mass is 127. The van der Waals surface area contributed by atoms with Gasteiger partial charge in [-0.05, 0) is 76.0 Å². The van der Waals surface area contributed by atoms with Crippen molar-refractivity contribution in [1.82, 2.24) is 9.71 Å². The second-order valence-electron chi connectivity index (χ2n) is 7.09. The molecule has 0 saturated carbocycles. The van der Waals surface area contributed by atoms with E-state index in [2.05, 4.69) is 32.3 Å². The molecule has 0 spiro atoms. The Hall–Kier alpha value is -2.69. The Kier molecular flexibility index (Phi) is 6.12. The van der Waals surface area contributed by atoms with Gasteiger partial charge in [-0.25, -0.2) is 13.1 Å². The Morgan fingerprint density at radius 3 is 2.23 bits per heavy atom. The van der Waals surface area contributed by atoms with E-state index in [0.717, 1.165) is 25.6 Å². The molecule has 31 heavy (non-hydrogen) atoms. The first-order valence-electron chi connectivity index (χ1n) is 9.48. The lowest BCUT2D eigenvalue weighted by atomic mass is 10.1. The van der Waals surface area contributed by atoms with E-state index < -0.39 is 22.0 Å². The van der Waals surface area contributed by atoms with E-state index in [9.17, 15) is 18.3 Å². The third-order valence-corrected chi connectivity index (χ3v) is 7.23. The molecule has 1 heterocycles. The maximum Gasteiger partial charge on any atom is 0.241 e. The topological polar surface area (TPSA) is 102 Å². The van der Waals surface area contributed by atoms with E-state index >= 15 is 0 Å². The van der Waals surface area contributed by atoms with Crippen LogP contribution in [-0.4, -0.2) is 25.4 Å². The molecule has 1 atom stereocenters. The van der Waals surface area contributed by atoms with Crippen LogP contribution < -0.4 is 9.83 Å². The van der Waals surface area contributed by atoms with Crippen LogP contribution in [0, 0.1) is 3.57 Å². The molecule has 0 aliphatic carbocycles. The summed E-state index contributed by atoms with van der Waals surface area (Å²) in [5.74, 6) is -1.48. The summed E-state index contributed by atoms with van der Waals surface area (Å²) in [6.07, 6.45) is 1.65. The lowest BCUT2D eigenvalue weighted by molar-refractivity contribution is -0.307. The van der Waals surface area contributed by atoms with E-state index in [1.807, 2.05) is 48.5 Å².